The molecule has 2 heterocycles. The molecule has 1 saturated heterocycles. The van der Waals surface area contributed by atoms with Crippen LogP contribution in [0.2, 0.25) is 0 Å². The fourth-order valence-electron chi connectivity index (χ4n) is 2.15. The largest absolute Gasteiger partial charge is 0.321 e. The molecule has 2 aliphatic heterocycles. The highest BCUT2D eigenvalue weighted by atomic mass is 31.2. The van der Waals surface area contributed by atoms with Crippen molar-refractivity contribution in [1.82, 2.24) is 0 Å². The summed E-state index contributed by atoms with van der Waals surface area (Å²) in [6.07, 6.45) is 1.10. The second kappa shape index (κ2) is 3.20. The molecule has 1 fully saturated rings. The van der Waals surface area contributed by atoms with Crippen molar-refractivity contribution in [3.05, 3.63) is 29.8 Å². The molecule has 3 nitrogen and oxygen atoms in total. The summed E-state index contributed by atoms with van der Waals surface area (Å²) in [5.41, 5.74) is 2.72. The van der Waals surface area contributed by atoms with Crippen molar-refractivity contribution in [2.75, 3.05) is 18.4 Å². The topological polar surface area (TPSA) is 21.7 Å². The van der Waals surface area contributed by atoms with Gasteiger partial charge in [0.25, 0.3) is 8.53 Å². The minimum absolute atomic E-state index is 0.499. The Kier molecular flexibility index (Phi) is 1.98. The van der Waals surface area contributed by atoms with E-state index in [1.807, 2.05) is 0 Å². The van der Waals surface area contributed by atoms with Crippen LogP contribution in [0.25, 0.3) is 0 Å². The van der Waals surface area contributed by atoms with Crippen molar-refractivity contribution in [2.45, 2.75) is 12.5 Å². The molecule has 0 radical (unpaired) electrons. The van der Waals surface area contributed by atoms with Gasteiger partial charge in [-0.05, 0) is 18.1 Å². The third-order valence-electron chi connectivity index (χ3n) is 2.75. The first kappa shape index (κ1) is 8.66. The Morgan fingerprint density at radius 2 is 2.36 bits per heavy atom. The Morgan fingerprint density at radius 1 is 1.50 bits per heavy atom. The lowest BCUT2D eigenvalue weighted by Gasteiger charge is -2.21. The van der Waals surface area contributed by atoms with Crippen molar-refractivity contribution in [2.24, 2.45) is 0 Å². The summed E-state index contributed by atoms with van der Waals surface area (Å²) in [5.74, 6) is 0. The average molecular weight is 209 g/mol. The van der Waals surface area contributed by atoms with E-state index in [0.717, 1.165) is 13.0 Å². The van der Waals surface area contributed by atoms with E-state index in [4.69, 9.17) is 9.05 Å². The molecule has 2 atom stereocenters. The summed E-state index contributed by atoms with van der Waals surface area (Å²) >= 11 is 0. The van der Waals surface area contributed by atoms with Crippen LogP contribution >= 0.6 is 8.53 Å². The maximum absolute atomic E-state index is 5.59. The van der Waals surface area contributed by atoms with Gasteiger partial charge in [0.1, 0.15) is 0 Å². The van der Waals surface area contributed by atoms with Gasteiger partial charge in [0.2, 0.25) is 0 Å². The summed E-state index contributed by atoms with van der Waals surface area (Å²) in [6.45, 7) is 0.800. The number of benzene rings is 1. The highest BCUT2D eigenvalue weighted by Gasteiger charge is 2.41. The van der Waals surface area contributed by atoms with Gasteiger partial charge < -0.3 is 13.7 Å². The van der Waals surface area contributed by atoms with Crippen LogP contribution in [0.5, 0.6) is 0 Å². The maximum atomic E-state index is 5.59. The fourth-order valence-corrected chi connectivity index (χ4v) is 3.64. The zero-order chi connectivity index (χ0) is 9.54. The number of hydrogen-bond acceptors (Lipinski definition) is 3. The van der Waals surface area contributed by atoms with Crippen molar-refractivity contribution in [3.63, 3.8) is 0 Å². The predicted molar refractivity (Wildman–Crippen MR) is 56.3 cm³/mol. The molecule has 1 aromatic rings. The SMILES string of the molecule is CO[P@@]1OC[C@H]2Cc3ccccc3N21. The molecule has 1 aromatic carbocycles. The lowest BCUT2D eigenvalue weighted by Crippen LogP contribution is -2.22. The smallest absolute Gasteiger partial charge is 0.290 e. The minimum atomic E-state index is -0.837. The molecule has 0 aliphatic carbocycles. The molecule has 0 spiro atoms. The van der Waals surface area contributed by atoms with Crippen LogP contribution in [0.3, 0.4) is 0 Å². The first-order valence-electron chi connectivity index (χ1n) is 4.74. The first-order valence-corrected chi connectivity index (χ1v) is 5.87. The van der Waals surface area contributed by atoms with Crippen LogP contribution in [-0.4, -0.2) is 19.8 Å². The van der Waals surface area contributed by atoms with Crippen molar-refractivity contribution in [1.29, 1.82) is 0 Å². The zero-order valence-corrected chi connectivity index (χ0v) is 8.91. The molecule has 0 amide bonds. The van der Waals surface area contributed by atoms with E-state index in [9.17, 15) is 0 Å². The average Bonchev–Trinajstić information content (AvgIpc) is 2.75. The van der Waals surface area contributed by atoms with E-state index in [1.165, 1.54) is 11.3 Å². The Morgan fingerprint density at radius 3 is 3.21 bits per heavy atom. The molecule has 74 valence electrons. The van der Waals surface area contributed by atoms with Crippen molar-refractivity contribution in [3.8, 4) is 0 Å². The molecule has 0 N–H and O–H groups in total. The van der Waals surface area contributed by atoms with Gasteiger partial charge in [-0.1, -0.05) is 18.2 Å². The normalized spacial score (nSPS) is 29.1. The van der Waals surface area contributed by atoms with Crippen molar-refractivity contribution < 1.29 is 9.05 Å². The van der Waals surface area contributed by atoms with Crippen LogP contribution < -0.4 is 4.67 Å². The van der Waals surface area contributed by atoms with E-state index in [2.05, 4.69) is 28.9 Å². The van der Waals surface area contributed by atoms with Gasteiger partial charge in [0.15, 0.2) is 0 Å². The molecular weight excluding hydrogens is 197 g/mol. The Bertz CT molecular complexity index is 356. The third kappa shape index (κ3) is 1.10. The summed E-state index contributed by atoms with van der Waals surface area (Å²) < 4.78 is 13.2. The van der Waals surface area contributed by atoms with E-state index in [-0.39, 0.29) is 0 Å². The molecule has 0 unspecified atom stereocenters. The first-order chi connectivity index (χ1) is 6.90. The molecule has 3 rings (SSSR count). The molecule has 0 saturated carbocycles. The Hall–Kier alpha value is -0.630. The Balaban J connectivity index is 2.02. The highest BCUT2D eigenvalue weighted by molar-refractivity contribution is 7.49. The second-order valence-electron chi connectivity index (χ2n) is 3.55. The zero-order valence-electron chi connectivity index (χ0n) is 8.01. The lowest BCUT2D eigenvalue weighted by atomic mass is 10.1. The summed E-state index contributed by atoms with van der Waals surface area (Å²) in [4.78, 5) is 0. The minimum Gasteiger partial charge on any atom is -0.321 e. The molecule has 2 aliphatic rings. The maximum Gasteiger partial charge on any atom is 0.290 e. The summed E-state index contributed by atoms with van der Waals surface area (Å²) in [7, 11) is 0.881. The monoisotopic (exact) mass is 209 g/mol. The van der Waals surface area contributed by atoms with Crippen LogP contribution in [-0.2, 0) is 15.5 Å². The standard InChI is InChI=1S/C10H12NO2P/c1-12-14-11-9(7-13-14)6-8-4-2-3-5-10(8)11/h2-5,9H,6-7H2,1H3/t9-,14+/m1/s1. The van der Waals surface area contributed by atoms with Gasteiger partial charge in [-0.15, -0.1) is 0 Å². The second-order valence-corrected chi connectivity index (χ2v) is 5.08. The van der Waals surface area contributed by atoms with Crippen LogP contribution in [0, 0.1) is 0 Å². The van der Waals surface area contributed by atoms with Gasteiger partial charge in [-0.2, -0.15) is 0 Å². The van der Waals surface area contributed by atoms with E-state index < -0.39 is 8.53 Å². The van der Waals surface area contributed by atoms with Crippen molar-refractivity contribution >= 4 is 14.2 Å². The molecule has 0 aromatic heterocycles. The van der Waals surface area contributed by atoms with Gasteiger partial charge in [0, 0.05) is 12.8 Å². The Labute approximate surface area is 84.6 Å². The lowest BCUT2D eigenvalue weighted by molar-refractivity contribution is 0.307. The quantitative estimate of drug-likeness (QED) is 0.662. The summed E-state index contributed by atoms with van der Waals surface area (Å²) in [6, 6.07) is 9.01. The molecule has 0 bridgehead atoms. The fraction of sp³-hybridized carbons (Fsp3) is 0.400. The predicted octanol–water partition coefficient (Wildman–Crippen LogP) is 2.32. The van der Waals surface area contributed by atoms with Crippen LogP contribution in [0.4, 0.5) is 5.69 Å². The highest BCUT2D eigenvalue weighted by Crippen LogP contribution is 2.55. The van der Waals surface area contributed by atoms with E-state index in [0.29, 0.717) is 6.04 Å². The number of rotatable bonds is 1. The van der Waals surface area contributed by atoms with E-state index in [1.54, 1.807) is 7.11 Å². The number of hydrogen-bond donors (Lipinski definition) is 0. The number of nitrogens with zero attached hydrogens (tertiary/aromatic N) is 1. The van der Waals surface area contributed by atoms with Gasteiger partial charge in [-0.25, -0.2) is 0 Å². The van der Waals surface area contributed by atoms with Crippen LogP contribution in [0.15, 0.2) is 24.3 Å². The van der Waals surface area contributed by atoms with Gasteiger partial charge in [-0.3, -0.25) is 0 Å². The van der Waals surface area contributed by atoms with E-state index >= 15 is 0 Å². The number of fused-ring (bicyclic) bond motifs is 3. The summed E-state index contributed by atoms with van der Waals surface area (Å²) in [5, 5.41) is 0. The van der Waals surface area contributed by atoms with Gasteiger partial charge in [0.05, 0.1) is 12.6 Å². The van der Waals surface area contributed by atoms with Gasteiger partial charge >= 0.3 is 0 Å². The van der Waals surface area contributed by atoms with Crippen LogP contribution in [0.1, 0.15) is 5.56 Å². The molecular formula is C10H12NO2P. The molecule has 14 heavy (non-hydrogen) atoms. The number of anilines is 1. The third-order valence-corrected chi connectivity index (χ3v) is 4.33. The molecule has 4 heteroatoms. The number of para-hydroxylation sites is 1.